The molecular formula is C22H22N2O2. The molecule has 0 aliphatic heterocycles. The van der Waals surface area contributed by atoms with Gasteiger partial charge in [-0.05, 0) is 35.2 Å². The minimum Gasteiger partial charge on any atom is -0.378 e. The summed E-state index contributed by atoms with van der Waals surface area (Å²) >= 11 is 0. The molecule has 3 rings (SSSR count). The van der Waals surface area contributed by atoms with Crippen molar-refractivity contribution in [3.8, 4) is 0 Å². The first kappa shape index (κ1) is 17.8. The molecule has 1 N–H and O–H groups in total. The Bertz CT molecular complexity index is 807. The molecule has 0 fully saturated rings. The van der Waals surface area contributed by atoms with Crippen molar-refractivity contribution in [1.82, 2.24) is 9.88 Å². The number of amides is 1. The monoisotopic (exact) mass is 346 g/mol. The van der Waals surface area contributed by atoms with E-state index in [4.69, 9.17) is 0 Å². The smallest absolute Gasteiger partial charge is 0.256 e. The fourth-order valence-electron chi connectivity index (χ4n) is 2.84. The summed E-state index contributed by atoms with van der Waals surface area (Å²) in [4.78, 5) is 18.7. The molecule has 2 aromatic carbocycles. The normalized spacial score (nSPS) is 11.7. The highest BCUT2D eigenvalue weighted by Gasteiger charge is 2.23. The highest BCUT2D eigenvalue weighted by Crippen LogP contribution is 2.17. The first-order chi connectivity index (χ1) is 12.7. The van der Waals surface area contributed by atoms with Crippen LogP contribution in [0.5, 0.6) is 0 Å². The van der Waals surface area contributed by atoms with Crippen LogP contribution in [0.1, 0.15) is 22.8 Å². The number of carbonyl (C=O) groups is 1. The third-order valence-corrected chi connectivity index (χ3v) is 4.30. The van der Waals surface area contributed by atoms with Gasteiger partial charge >= 0.3 is 0 Å². The standard InChI is InChI=1S/C22H22N2O2/c25-21(20-9-5-2-6-10-20)22(26)24(17-19-11-14-23-15-12-19)16-13-18-7-3-1-4-8-18/h1-12,14-15,21,25H,13,16-17H2. The second kappa shape index (κ2) is 8.92. The maximum absolute atomic E-state index is 12.9. The summed E-state index contributed by atoms with van der Waals surface area (Å²) in [6, 6.07) is 22.9. The molecule has 0 radical (unpaired) electrons. The molecule has 0 saturated carbocycles. The van der Waals surface area contributed by atoms with E-state index in [0.29, 0.717) is 18.7 Å². The summed E-state index contributed by atoms with van der Waals surface area (Å²) in [5, 5.41) is 10.5. The van der Waals surface area contributed by atoms with Crippen molar-refractivity contribution in [1.29, 1.82) is 0 Å². The Morgan fingerprint density at radius 3 is 2.15 bits per heavy atom. The van der Waals surface area contributed by atoms with Gasteiger partial charge in [-0.25, -0.2) is 0 Å². The minimum absolute atomic E-state index is 0.288. The van der Waals surface area contributed by atoms with Gasteiger partial charge in [0.15, 0.2) is 6.10 Å². The van der Waals surface area contributed by atoms with E-state index in [1.165, 1.54) is 0 Å². The molecule has 1 aromatic heterocycles. The number of hydrogen-bond donors (Lipinski definition) is 1. The molecule has 1 amide bonds. The van der Waals surface area contributed by atoms with Gasteiger partial charge in [0.05, 0.1) is 0 Å². The lowest BCUT2D eigenvalue weighted by atomic mass is 10.1. The molecule has 1 heterocycles. The third kappa shape index (κ3) is 4.77. The van der Waals surface area contributed by atoms with Gasteiger partial charge in [-0.1, -0.05) is 60.7 Å². The number of carbonyl (C=O) groups excluding carboxylic acids is 1. The molecule has 3 aromatic rings. The van der Waals surface area contributed by atoms with Crippen molar-refractivity contribution in [2.45, 2.75) is 19.1 Å². The maximum Gasteiger partial charge on any atom is 0.256 e. The molecule has 4 nitrogen and oxygen atoms in total. The molecule has 26 heavy (non-hydrogen) atoms. The van der Waals surface area contributed by atoms with Gasteiger partial charge in [0.2, 0.25) is 0 Å². The molecule has 0 spiro atoms. The number of aliphatic hydroxyl groups excluding tert-OH is 1. The lowest BCUT2D eigenvalue weighted by Gasteiger charge is -2.25. The highest BCUT2D eigenvalue weighted by molar-refractivity contribution is 5.82. The van der Waals surface area contributed by atoms with E-state index in [0.717, 1.165) is 17.5 Å². The van der Waals surface area contributed by atoms with Gasteiger partial charge in [-0.15, -0.1) is 0 Å². The Morgan fingerprint density at radius 1 is 0.885 bits per heavy atom. The fourth-order valence-corrected chi connectivity index (χ4v) is 2.84. The summed E-state index contributed by atoms with van der Waals surface area (Å²) in [7, 11) is 0. The van der Waals surface area contributed by atoms with E-state index in [9.17, 15) is 9.90 Å². The van der Waals surface area contributed by atoms with Crippen LogP contribution < -0.4 is 0 Å². The summed E-state index contributed by atoms with van der Waals surface area (Å²) in [5.41, 5.74) is 2.76. The van der Waals surface area contributed by atoms with Crippen LogP contribution in [0.4, 0.5) is 0 Å². The molecule has 0 aliphatic carbocycles. The lowest BCUT2D eigenvalue weighted by Crippen LogP contribution is -2.36. The van der Waals surface area contributed by atoms with Crippen molar-refractivity contribution in [2.24, 2.45) is 0 Å². The number of pyridine rings is 1. The van der Waals surface area contributed by atoms with Crippen LogP contribution >= 0.6 is 0 Å². The summed E-state index contributed by atoms with van der Waals surface area (Å²) < 4.78 is 0. The lowest BCUT2D eigenvalue weighted by molar-refractivity contribution is -0.141. The van der Waals surface area contributed by atoms with Crippen molar-refractivity contribution < 1.29 is 9.90 Å². The van der Waals surface area contributed by atoms with Crippen LogP contribution in [0.2, 0.25) is 0 Å². The fraction of sp³-hybridized carbons (Fsp3) is 0.182. The Balaban J connectivity index is 1.76. The van der Waals surface area contributed by atoms with E-state index < -0.39 is 6.10 Å². The predicted octanol–water partition coefficient (Wildman–Crippen LogP) is 3.39. The number of benzene rings is 2. The Morgan fingerprint density at radius 2 is 1.50 bits per heavy atom. The minimum atomic E-state index is -1.16. The molecule has 132 valence electrons. The Hall–Kier alpha value is -2.98. The van der Waals surface area contributed by atoms with Crippen LogP contribution in [0.15, 0.2) is 85.2 Å². The number of hydrogen-bond acceptors (Lipinski definition) is 3. The van der Waals surface area contributed by atoms with Gasteiger partial charge in [-0.3, -0.25) is 9.78 Å². The number of aliphatic hydroxyl groups is 1. The maximum atomic E-state index is 12.9. The summed E-state index contributed by atoms with van der Waals surface area (Å²) in [6.07, 6.45) is 3.00. The van der Waals surface area contributed by atoms with E-state index in [1.54, 1.807) is 29.4 Å². The van der Waals surface area contributed by atoms with E-state index in [1.807, 2.05) is 60.7 Å². The zero-order chi connectivity index (χ0) is 18.2. The average Bonchev–Trinajstić information content (AvgIpc) is 2.72. The van der Waals surface area contributed by atoms with Gasteiger partial charge in [0, 0.05) is 25.5 Å². The highest BCUT2D eigenvalue weighted by atomic mass is 16.3. The van der Waals surface area contributed by atoms with Gasteiger partial charge < -0.3 is 10.0 Å². The van der Waals surface area contributed by atoms with E-state index in [2.05, 4.69) is 4.98 Å². The van der Waals surface area contributed by atoms with Crippen molar-refractivity contribution in [3.05, 3.63) is 102 Å². The Labute approximate surface area is 153 Å². The molecule has 4 heteroatoms. The van der Waals surface area contributed by atoms with Crippen molar-refractivity contribution >= 4 is 5.91 Å². The van der Waals surface area contributed by atoms with E-state index in [-0.39, 0.29) is 5.91 Å². The SMILES string of the molecule is O=C(C(O)c1ccccc1)N(CCc1ccccc1)Cc1ccncc1. The second-order valence-corrected chi connectivity index (χ2v) is 6.16. The van der Waals surface area contributed by atoms with E-state index >= 15 is 0 Å². The average molecular weight is 346 g/mol. The van der Waals surface area contributed by atoms with Crippen molar-refractivity contribution in [3.63, 3.8) is 0 Å². The zero-order valence-electron chi connectivity index (χ0n) is 14.5. The Kier molecular flexibility index (Phi) is 6.12. The number of rotatable bonds is 7. The molecule has 0 saturated heterocycles. The number of nitrogens with zero attached hydrogens (tertiary/aromatic N) is 2. The topological polar surface area (TPSA) is 53.4 Å². The van der Waals surface area contributed by atoms with Crippen molar-refractivity contribution in [2.75, 3.05) is 6.54 Å². The molecule has 1 unspecified atom stereocenters. The van der Waals surface area contributed by atoms with Crippen LogP contribution in [0.3, 0.4) is 0 Å². The molecule has 0 bridgehead atoms. The zero-order valence-corrected chi connectivity index (χ0v) is 14.5. The second-order valence-electron chi connectivity index (χ2n) is 6.16. The molecule has 1 atom stereocenters. The van der Waals surface area contributed by atoms with Crippen LogP contribution in [-0.4, -0.2) is 27.4 Å². The predicted molar refractivity (Wildman–Crippen MR) is 101 cm³/mol. The van der Waals surface area contributed by atoms with Gasteiger partial charge in [0.25, 0.3) is 5.91 Å². The van der Waals surface area contributed by atoms with Crippen LogP contribution in [0, 0.1) is 0 Å². The number of aromatic nitrogens is 1. The summed E-state index contributed by atoms with van der Waals surface area (Å²) in [5.74, 6) is -0.288. The van der Waals surface area contributed by atoms with Gasteiger partial charge in [-0.2, -0.15) is 0 Å². The van der Waals surface area contributed by atoms with Crippen LogP contribution in [0.25, 0.3) is 0 Å². The van der Waals surface area contributed by atoms with Crippen LogP contribution in [-0.2, 0) is 17.8 Å². The largest absolute Gasteiger partial charge is 0.378 e. The molecular weight excluding hydrogens is 324 g/mol. The first-order valence-electron chi connectivity index (χ1n) is 8.68. The molecule has 0 aliphatic rings. The quantitative estimate of drug-likeness (QED) is 0.713. The first-order valence-corrected chi connectivity index (χ1v) is 8.68. The third-order valence-electron chi connectivity index (χ3n) is 4.30. The summed E-state index contributed by atoms with van der Waals surface area (Å²) in [6.45, 7) is 0.979. The van der Waals surface area contributed by atoms with Gasteiger partial charge in [0.1, 0.15) is 0 Å².